The first-order chi connectivity index (χ1) is 4.33. The lowest BCUT2D eigenvalue weighted by molar-refractivity contribution is 0.0967. The zero-order chi connectivity index (χ0) is 6.69. The Bertz CT molecular complexity index is 115. The van der Waals surface area contributed by atoms with Crippen molar-refractivity contribution in [2.75, 3.05) is 20.3 Å². The summed E-state index contributed by atoms with van der Waals surface area (Å²) < 4.78 is 24.4. The molecule has 5 heteroatoms. The van der Waals surface area contributed by atoms with Crippen LogP contribution in [0.25, 0.3) is 0 Å². The minimum atomic E-state index is -1.53. The summed E-state index contributed by atoms with van der Waals surface area (Å²) in [5, 5.41) is 0. The fourth-order valence-corrected chi connectivity index (χ4v) is 1.21. The van der Waals surface area contributed by atoms with E-state index in [0.717, 1.165) is 0 Å². The molecule has 0 amide bonds. The molecule has 1 aliphatic rings. The molecule has 0 bridgehead atoms. The van der Waals surface area contributed by atoms with Gasteiger partial charge >= 0.3 is 11.4 Å². The third kappa shape index (κ3) is 2.02. The fraction of sp³-hybridized carbons (Fsp3) is 1.00. The van der Waals surface area contributed by atoms with E-state index in [9.17, 15) is 4.21 Å². The van der Waals surface area contributed by atoms with Crippen LogP contribution in [0.2, 0.25) is 0 Å². The van der Waals surface area contributed by atoms with Gasteiger partial charge in [0.15, 0.2) is 0 Å². The highest BCUT2D eigenvalue weighted by Gasteiger charge is 2.22. The van der Waals surface area contributed by atoms with Crippen LogP contribution in [0.5, 0.6) is 0 Å². The van der Waals surface area contributed by atoms with E-state index in [1.807, 2.05) is 0 Å². The first-order valence-corrected chi connectivity index (χ1v) is 3.54. The SMILES string of the molecule is COC[C@H]1COS(=O)O1. The van der Waals surface area contributed by atoms with Gasteiger partial charge in [-0.25, -0.2) is 0 Å². The van der Waals surface area contributed by atoms with Crippen LogP contribution in [0, 0.1) is 0 Å². The smallest absolute Gasteiger partial charge is 0.305 e. The Morgan fingerprint density at radius 3 is 3.11 bits per heavy atom. The van der Waals surface area contributed by atoms with Crippen LogP contribution in [0.3, 0.4) is 0 Å². The average Bonchev–Trinajstić information content (AvgIpc) is 2.17. The molecule has 54 valence electrons. The monoisotopic (exact) mass is 152 g/mol. The van der Waals surface area contributed by atoms with Gasteiger partial charge < -0.3 is 4.74 Å². The molecular weight excluding hydrogens is 144 g/mol. The van der Waals surface area contributed by atoms with Crippen molar-refractivity contribution in [1.29, 1.82) is 0 Å². The maximum Gasteiger partial charge on any atom is 0.305 e. The molecule has 0 aromatic carbocycles. The van der Waals surface area contributed by atoms with Gasteiger partial charge in [0.25, 0.3) is 0 Å². The molecule has 0 aromatic heterocycles. The average molecular weight is 152 g/mol. The molecular formula is C4H8O4S. The van der Waals surface area contributed by atoms with Crippen molar-refractivity contribution >= 4 is 11.4 Å². The maximum atomic E-state index is 10.3. The Labute approximate surface area is 56.0 Å². The van der Waals surface area contributed by atoms with E-state index < -0.39 is 11.4 Å². The molecule has 0 saturated carbocycles. The maximum absolute atomic E-state index is 10.3. The van der Waals surface area contributed by atoms with Gasteiger partial charge in [-0.05, 0) is 0 Å². The Kier molecular flexibility index (Phi) is 2.59. The van der Waals surface area contributed by atoms with E-state index >= 15 is 0 Å². The molecule has 0 radical (unpaired) electrons. The van der Waals surface area contributed by atoms with Crippen molar-refractivity contribution in [3.8, 4) is 0 Å². The summed E-state index contributed by atoms with van der Waals surface area (Å²) in [7, 11) is 1.56. The van der Waals surface area contributed by atoms with E-state index in [1.165, 1.54) is 0 Å². The van der Waals surface area contributed by atoms with E-state index in [2.05, 4.69) is 4.18 Å². The second-order valence-electron chi connectivity index (χ2n) is 1.66. The summed E-state index contributed by atoms with van der Waals surface area (Å²) >= 11 is -1.53. The van der Waals surface area contributed by atoms with Crippen LogP contribution < -0.4 is 0 Å². The molecule has 1 saturated heterocycles. The second kappa shape index (κ2) is 3.26. The molecule has 2 atom stereocenters. The Balaban J connectivity index is 2.22. The van der Waals surface area contributed by atoms with Crippen LogP contribution in [-0.2, 0) is 24.5 Å². The zero-order valence-corrected chi connectivity index (χ0v) is 5.85. The molecule has 4 nitrogen and oxygen atoms in total. The highest BCUT2D eigenvalue weighted by atomic mass is 32.2. The molecule has 1 heterocycles. The molecule has 1 rings (SSSR count). The van der Waals surface area contributed by atoms with Gasteiger partial charge in [0.05, 0.1) is 13.2 Å². The molecule has 0 aromatic rings. The third-order valence-corrected chi connectivity index (χ3v) is 1.68. The second-order valence-corrected chi connectivity index (χ2v) is 2.50. The van der Waals surface area contributed by atoms with Crippen LogP contribution in [0.15, 0.2) is 0 Å². The van der Waals surface area contributed by atoms with Gasteiger partial charge in [-0.3, -0.25) is 8.37 Å². The van der Waals surface area contributed by atoms with E-state index in [1.54, 1.807) is 7.11 Å². The first kappa shape index (κ1) is 7.14. The molecule has 1 aliphatic heterocycles. The normalized spacial score (nSPS) is 35.2. The van der Waals surface area contributed by atoms with Gasteiger partial charge in [-0.2, -0.15) is 4.21 Å². The summed E-state index contributed by atoms with van der Waals surface area (Å²) in [5.41, 5.74) is 0. The Morgan fingerprint density at radius 1 is 1.89 bits per heavy atom. The molecule has 9 heavy (non-hydrogen) atoms. The summed E-state index contributed by atoms with van der Waals surface area (Å²) in [5.74, 6) is 0. The number of hydrogen-bond donors (Lipinski definition) is 0. The van der Waals surface area contributed by atoms with Gasteiger partial charge in [-0.15, -0.1) is 0 Å². The minimum absolute atomic E-state index is 0.157. The lowest BCUT2D eigenvalue weighted by atomic mass is 10.4. The van der Waals surface area contributed by atoms with Gasteiger partial charge in [0.1, 0.15) is 6.10 Å². The molecule has 1 fully saturated rings. The summed E-state index contributed by atoms with van der Waals surface area (Å²) in [6.45, 7) is 0.798. The van der Waals surface area contributed by atoms with Gasteiger partial charge in [-0.1, -0.05) is 0 Å². The Morgan fingerprint density at radius 2 is 2.67 bits per heavy atom. The highest BCUT2D eigenvalue weighted by Crippen LogP contribution is 2.07. The topological polar surface area (TPSA) is 44.8 Å². The van der Waals surface area contributed by atoms with Crippen LogP contribution in [0.4, 0.5) is 0 Å². The molecule has 1 unspecified atom stereocenters. The number of rotatable bonds is 2. The predicted octanol–water partition coefficient (Wildman–Crippen LogP) is -0.373. The molecule has 0 N–H and O–H groups in total. The van der Waals surface area contributed by atoms with Crippen molar-refractivity contribution < 1.29 is 17.3 Å². The number of ether oxygens (including phenoxy) is 1. The fourth-order valence-electron chi connectivity index (χ4n) is 0.560. The molecule has 0 spiro atoms. The van der Waals surface area contributed by atoms with Crippen molar-refractivity contribution in [1.82, 2.24) is 0 Å². The summed E-state index contributed by atoms with van der Waals surface area (Å²) in [6.07, 6.45) is -0.157. The third-order valence-electron chi connectivity index (χ3n) is 0.917. The van der Waals surface area contributed by atoms with Crippen molar-refractivity contribution in [2.45, 2.75) is 6.10 Å². The van der Waals surface area contributed by atoms with E-state index in [0.29, 0.717) is 13.2 Å². The van der Waals surface area contributed by atoms with Crippen molar-refractivity contribution in [3.63, 3.8) is 0 Å². The van der Waals surface area contributed by atoms with Crippen LogP contribution >= 0.6 is 0 Å². The van der Waals surface area contributed by atoms with E-state index in [4.69, 9.17) is 8.92 Å². The number of hydrogen-bond acceptors (Lipinski definition) is 4. The predicted molar refractivity (Wildman–Crippen MR) is 30.8 cm³/mol. The van der Waals surface area contributed by atoms with Crippen molar-refractivity contribution in [2.24, 2.45) is 0 Å². The first-order valence-electron chi connectivity index (χ1n) is 2.54. The van der Waals surface area contributed by atoms with Gasteiger partial charge in [0.2, 0.25) is 0 Å². The quantitative estimate of drug-likeness (QED) is 0.541. The van der Waals surface area contributed by atoms with Gasteiger partial charge in [0, 0.05) is 7.11 Å². The van der Waals surface area contributed by atoms with E-state index in [-0.39, 0.29) is 6.10 Å². The molecule has 0 aliphatic carbocycles. The van der Waals surface area contributed by atoms with Crippen molar-refractivity contribution in [3.05, 3.63) is 0 Å². The Hall–Kier alpha value is 0.0300. The summed E-state index contributed by atoms with van der Waals surface area (Å²) in [6, 6.07) is 0. The lowest BCUT2D eigenvalue weighted by Gasteiger charge is -2.00. The largest absolute Gasteiger partial charge is 0.382 e. The van der Waals surface area contributed by atoms with Crippen LogP contribution in [0.1, 0.15) is 0 Å². The lowest BCUT2D eigenvalue weighted by Crippen LogP contribution is -2.15. The van der Waals surface area contributed by atoms with Crippen LogP contribution in [-0.4, -0.2) is 30.6 Å². The standard InChI is InChI=1S/C4H8O4S/c1-6-2-4-3-7-9(5)8-4/h4H,2-3H2,1H3/t4-,9?/m0/s1. The zero-order valence-electron chi connectivity index (χ0n) is 5.03. The minimum Gasteiger partial charge on any atom is -0.382 e. The summed E-state index contributed by atoms with van der Waals surface area (Å²) in [4.78, 5) is 0. The highest BCUT2D eigenvalue weighted by molar-refractivity contribution is 7.75. The number of methoxy groups -OCH3 is 1.